The smallest absolute Gasteiger partial charge is 0.253 e. The minimum atomic E-state index is -0.601. The van der Waals surface area contributed by atoms with Crippen molar-refractivity contribution in [3.05, 3.63) is 56.0 Å². The summed E-state index contributed by atoms with van der Waals surface area (Å²) in [6, 6.07) is 2.83. The van der Waals surface area contributed by atoms with Crippen molar-refractivity contribution in [2.45, 2.75) is 51.6 Å². The van der Waals surface area contributed by atoms with Gasteiger partial charge in [0.2, 0.25) is 0 Å². The molecular weight excluding hydrogens is 562 g/mol. The number of pyridine rings is 2. The summed E-state index contributed by atoms with van der Waals surface area (Å²) >= 11 is 27.6. The first-order chi connectivity index (χ1) is 16.0. The molecule has 0 spiro atoms. The van der Waals surface area contributed by atoms with Crippen molar-refractivity contribution in [2.75, 3.05) is 13.2 Å². The van der Waals surface area contributed by atoms with Gasteiger partial charge < -0.3 is 21.3 Å². The molecule has 1 amide bonds. The zero-order chi connectivity index (χ0) is 27.4. The van der Waals surface area contributed by atoms with Gasteiger partial charge in [-0.25, -0.2) is 9.97 Å². The van der Waals surface area contributed by atoms with E-state index in [1.54, 1.807) is 0 Å². The van der Waals surface area contributed by atoms with Crippen LogP contribution in [0.1, 0.15) is 61.3 Å². The maximum Gasteiger partial charge on any atom is 0.253 e. The number of nitrogens with one attached hydrogen (secondary N) is 1. The predicted octanol–water partition coefficient (Wildman–Crippen LogP) is 5.15. The van der Waals surface area contributed by atoms with Gasteiger partial charge in [0.15, 0.2) is 0 Å². The number of nitrogens with zero attached hydrogens (tertiary/aromatic N) is 2. The van der Waals surface area contributed by atoms with Crippen LogP contribution in [0.5, 0.6) is 0 Å². The van der Waals surface area contributed by atoms with E-state index in [4.69, 9.17) is 74.0 Å². The maximum atomic E-state index is 11.9. The van der Waals surface area contributed by atoms with Gasteiger partial charge in [0.25, 0.3) is 11.1 Å². The van der Waals surface area contributed by atoms with E-state index >= 15 is 0 Å². The first-order valence-corrected chi connectivity index (χ1v) is 12.1. The lowest BCUT2D eigenvalue weighted by Crippen LogP contribution is -2.44. The minimum absolute atomic E-state index is 0.00685. The van der Waals surface area contributed by atoms with E-state index in [1.165, 1.54) is 24.5 Å². The zero-order valence-corrected chi connectivity index (χ0v) is 23.5. The highest BCUT2D eigenvalue weighted by Gasteiger charge is 2.21. The number of aliphatic hydroxyl groups is 2. The normalized spacial score (nSPS) is 11.0. The highest BCUT2D eigenvalue weighted by atomic mass is 35.5. The van der Waals surface area contributed by atoms with E-state index in [0.717, 1.165) is 0 Å². The van der Waals surface area contributed by atoms with Crippen LogP contribution < -0.4 is 11.1 Å². The summed E-state index contributed by atoms with van der Waals surface area (Å²) in [7, 11) is 0. The molecule has 0 unspecified atom stereocenters. The summed E-state index contributed by atoms with van der Waals surface area (Å²) in [6.07, 6.45) is 3.77. The molecule has 2 heterocycles. The fraction of sp³-hybridized carbons (Fsp3) is 0.455. The molecule has 8 nitrogen and oxygen atoms in total. The van der Waals surface area contributed by atoms with Crippen LogP contribution in [0.15, 0.2) is 24.5 Å². The summed E-state index contributed by atoms with van der Waals surface area (Å²) in [6.45, 7) is 7.63. The second-order valence-electron chi connectivity index (χ2n) is 8.54. The molecule has 0 saturated carbocycles. The third-order valence-corrected chi connectivity index (χ3v) is 5.62. The van der Waals surface area contributed by atoms with Gasteiger partial charge in [0, 0.05) is 36.7 Å². The largest absolute Gasteiger partial charge is 0.396 e. The topological polar surface area (TPSA) is 138 Å². The van der Waals surface area contributed by atoms with Crippen molar-refractivity contribution in [1.82, 2.24) is 15.3 Å². The third-order valence-electron chi connectivity index (χ3n) is 4.03. The Labute approximate surface area is 230 Å². The van der Waals surface area contributed by atoms with E-state index in [2.05, 4.69) is 15.3 Å². The quantitative estimate of drug-likeness (QED) is 0.258. The summed E-state index contributed by atoms with van der Waals surface area (Å²) in [4.78, 5) is 29.8. The number of amides is 1. The Hall–Kier alpha value is -1.23. The molecule has 0 aliphatic rings. The Bertz CT molecular complexity index is 985. The molecule has 13 heteroatoms. The second-order valence-corrected chi connectivity index (χ2v) is 10.4. The average molecular weight is 591 g/mol. The molecule has 0 radical (unpaired) electrons. The van der Waals surface area contributed by atoms with Gasteiger partial charge in [-0.05, 0) is 64.3 Å². The molecule has 0 atom stereocenters. The van der Waals surface area contributed by atoms with Crippen molar-refractivity contribution in [3.8, 4) is 0 Å². The fourth-order valence-electron chi connectivity index (χ4n) is 2.08. The summed E-state index contributed by atoms with van der Waals surface area (Å²) in [5, 5.41) is 20.1. The van der Waals surface area contributed by atoms with Crippen LogP contribution in [0.25, 0.3) is 0 Å². The number of rotatable bonds is 7. The number of hydrogen-bond acceptors (Lipinski definition) is 7. The molecule has 0 aliphatic heterocycles. The van der Waals surface area contributed by atoms with Crippen molar-refractivity contribution < 1.29 is 19.8 Å². The first kappa shape index (κ1) is 33.8. The monoisotopic (exact) mass is 588 g/mol. The van der Waals surface area contributed by atoms with Crippen molar-refractivity contribution in [1.29, 1.82) is 0 Å². The lowest BCUT2D eigenvalue weighted by molar-refractivity contribution is 0.0898. The van der Waals surface area contributed by atoms with E-state index < -0.39 is 10.8 Å². The summed E-state index contributed by atoms with van der Waals surface area (Å²) in [5.74, 6) is -0.297. The van der Waals surface area contributed by atoms with Crippen molar-refractivity contribution >= 4 is 69.2 Å². The first-order valence-electron chi connectivity index (χ1n) is 10.2. The number of aliphatic hydroxyl groups excluding tert-OH is 2. The van der Waals surface area contributed by atoms with Crippen LogP contribution >= 0.6 is 58.0 Å². The molecule has 2 rings (SSSR count). The lowest BCUT2D eigenvalue weighted by Gasteiger charge is -2.25. The molecule has 0 bridgehead atoms. The van der Waals surface area contributed by atoms with Crippen LogP contribution in [0.4, 0.5) is 0 Å². The van der Waals surface area contributed by atoms with Gasteiger partial charge in [0.1, 0.15) is 10.3 Å². The van der Waals surface area contributed by atoms with Gasteiger partial charge >= 0.3 is 0 Å². The minimum Gasteiger partial charge on any atom is -0.396 e. The number of carbonyl (C=O) groups is 2. The number of aromatic nitrogens is 2. The van der Waals surface area contributed by atoms with Crippen LogP contribution in [0, 0.1) is 0 Å². The molecule has 0 aromatic carbocycles. The Morgan fingerprint density at radius 1 is 0.886 bits per heavy atom. The molecule has 0 aliphatic carbocycles. The maximum absolute atomic E-state index is 11.9. The molecule has 2 aromatic rings. The highest BCUT2D eigenvalue weighted by molar-refractivity contribution is 6.67. The Kier molecular flexibility index (Phi) is 15.2. The molecule has 0 saturated heterocycles. The zero-order valence-electron chi connectivity index (χ0n) is 19.7. The molecule has 196 valence electrons. The SMILES string of the molecule is CC(C)(CCO)NC(=O)c1cnc(Cl)c(Cl)c1.CC(C)(N)CCO.O=C(Cl)c1cnc(Cl)c(Cl)c1. The summed E-state index contributed by atoms with van der Waals surface area (Å²) in [5.41, 5.74) is 5.37. The Balaban J connectivity index is 0.000000550. The van der Waals surface area contributed by atoms with Gasteiger partial charge in [-0.2, -0.15) is 0 Å². The standard InChI is InChI=1S/C11H14Cl2N2O2.C6H2Cl3NO.C5H13NO/c1-11(2,3-4-16)15-10(17)7-5-8(12)9(13)14-6-7;7-4-1-3(6(9)11)2-10-5(4)8;1-5(2,6)3-4-7/h5-6,16H,3-4H2,1-2H3,(H,15,17);1-2H;7H,3-4,6H2,1-2H3. The van der Waals surface area contributed by atoms with Gasteiger partial charge in [-0.3, -0.25) is 9.59 Å². The molecule has 5 N–H and O–H groups in total. The highest BCUT2D eigenvalue weighted by Crippen LogP contribution is 2.21. The van der Waals surface area contributed by atoms with E-state index in [-0.39, 0.29) is 50.6 Å². The van der Waals surface area contributed by atoms with Gasteiger partial charge in [-0.15, -0.1) is 0 Å². The fourth-order valence-corrected chi connectivity index (χ4v) is 2.73. The van der Waals surface area contributed by atoms with E-state index in [1.807, 2.05) is 27.7 Å². The van der Waals surface area contributed by atoms with Crippen LogP contribution in [0.2, 0.25) is 20.4 Å². The van der Waals surface area contributed by atoms with Crippen LogP contribution in [-0.4, -0.2) is 55.6 Å². The third kappa shape index (κ3) is 14.8. The molecular formula is C22H29Cl5N4O4. The number of nitrogens with two attached hydrogens (primary N) is 1. The average Bonchev–Trinajstić information content (AvgIpc) is 2.71. The molecule has 2 aromatic heterocycles. The van der Waals surface area contributed by atoms with Crippen molar-refractivity contribution in [2.24, 2.45) is 5.73 Å². The van der Waals surface area contributed by atoms with Gasteiger partial charge in [-0.1, -0.05) is 46.4 Å². The van der Waals surface area contributed by atoms with Crippen LogP contribution in [0.3, 0.4) is 0 Å². The summed E-state index contributed by atoms with van der Waals surface area (Å²) < 4.78 is 0. The Morgan fingerprint density at radius 3 is 1.66 bits per heavy atom. The van der Waals surface area contributed by atoms with E-state index in [9.17, 15) is 9.59 Å². The van der Waals surface area contributed by atoms with Crippen molar-refractivity contribution in [3.63, 3.8) is 0 Å². The Morgan fingerprint density at radius 2 is 1.31 bits per heavy atom. The number of carbonyl (C=O) groups excluding carboxylic acids is 2. The number of halogens is 5. The second kappa shape index (κ2) is 15.8. The lowest BCUT2D eigenvalue weighted by atomic mass is 10.0. The van der Waals surface area contributed by atoms with Gasteiger partial charge in [0.05, 0.1) is 21.2 Å². The molecule has 35 heavy (non-hydrogen) atoms. The predicted molar refractivity (Wildman–Crippen MR) is 142 cm³/mol. The van der Waals surface area contributed by atoms with Crippen LogP contribution in [-0.2, 0) is 0 Å². The number of hydrogen-bond donors (Lipinski definition) is 4. The molecule has 0 fully saturated rings. The van der Waals surface area contributed by atoms with E-state index in [0.29, 0.717) is 18.4 Å².